The van der Waals surface area contributed by atoms with Crippen LogP contribution < -0.4 is 31.9 Å². The van der Waals surface area contributed by atoms with Crippen molar-refractivity contribution in [1.29, 1.82) is 0 Å². The Morgan fingerprint density at radius 1 is 0.302 bits per heavy atom. The molecule has 0 spiro atoms. The third kappa shape index (κ3) is 37.8. The van der Waals surface area contributed by atoms with Crippen molar-refractivity contribution in [3.8, 4) is 0 Å². The summed E-state index contributed by atoms with van der Waals surface area (Å²) in [6.45, 7) is 72.6. The Hall–Kier alpha value is -8.16. The zero-order chi connectivity index (χ0) is 97.9. The van der Waals surface area contributed by atoms with Crippen LogP contribution in [0.2, 0.25) is 0 Å². The van der Waals surface area contributed by atoms with Crippen LogP contribution in [0, 0.1) is 20.8 Å². The SMILES string of the molecule is CCCCN(C)C(C)(CCC)CNC(=O)c1cc(CC)on1.CCCCN(C)C(C)(CCC)CNC(=O)c1noc(CC)c1C.CCCCN(C)C(CC)(CC)CNC(=O)c1cc(CC)on1.CCCCN(C)C(CC)(CC)CNC(=O)c1noc(CC)c1C.CCc1cc(C(=O)NCC(C)(C)N(CC)CC)no1.CCc1onc(C(=O)NCC(C)(C)N(CC)CC)c1C. The van der Waals surface area contributed by atoms with Gasteiger partial charge in [0.1, 0.15) is 34.6 Å². The van der Waals surface area contributed by atoms with Gasteiger partial charge in [0.05, 0.1) is 0 Å². The van der Waals surface area contributed by atoms with Crippen molar-refractivity contribution in [1.82, 2.24) is 92.2 Å². The first-order chi connectivity index (χ1) is 61.1. The molecule has 0 saturated heterocycles. The van der Waals surface area contributed by atoms with Crippen LogP contribution >= 0.6 is 0 Å². The van der Waals surface area contributed by atoms with Crippen LogP contribution in [0.15, 0.2) is 45.3 Å². The monoisotopic (exact) mass is 1810 g/mol. The molecule has 6 amide bonds. The maximum atomic E-state index is 12.5. The van der Waals surface area contributed by atoms with Gasteiger partial charge in [0.2, 0.25) is 0 Å². The number of amides is 6. The van der Waals surface area contributed by atoms with Crippen LogP contribution in [-0.4, -0.2) is 249 Å². The normalized spacial score (nSPS) is 12.7. The molecule has 0 bridgehead atoms. The maximum Gasteiger partial charge on any atom is 0.273 e. The van der Waals surface area contributed by atoms with Crippen LogP contribution in [0.3, 0.4) is 0 Å². The summed E-state index contributed by atoms with van der Waals surface area (Å²) in [6, 6.07) is 5.13. The fourth-order valence-corrected chi connectivity index (χ4v) is 15.9. The van der Waals surface area contributed by atoms with Crippen LogP contribution in [0.1, 0.15) is 397 Å². The number of nitrogens with zero attached hydrogens (tertiary/aromatic N) is 12. The second-order valence-electron chi connectivity index (χ2n) is 35.9. The van der Waals surface area contributed by atoms with Gasteiger partial charge in [-0.05, 0) is 207 Å². The molecule has 738 valence electrons. The highest BCUT2D eigenvalue weighted by atomic mass is 16.5. The first kappa shape index (κ1) is 119. The van der Waals surface area contributed by atoms with E-state index < -0.39 is 0 Å². The first-order valence-electron chi connectivity index (χ1n) is 48.9. The summed E-state index contributed by atoms with van der Waals surface area (Å²) >= 11 is 0. The molecule has 30 heteroatoms. The number of unbranched alkanes of at least 4 members (excludes halogenated alkanes) is 4. The van der Waals surface area contributed by atoms with Crippen molar-refractivity contribution in [2.45, 2.75) is 375 Å². The zero-order valence-electron chi connectivity index (χ0n) is 87.0. The molecule has 6 aromatic rings. The molecule has 0 aromatic carbocycles. The standard InChI is InChI=1S/2C18H33N3O2.2C17H31N3O2.C15H27N3O2.C14H25N3O2/c1-7-10-12-21(6)18(5,11-8-2)13-19-17(22)16-14(4)15(9-3)23-20-16;1-7-11-12-21(6)18(9-3,10-4)13-19-17(22)16-14(5)15(8-2)23-20-16;1-6-9-11-20(5)17(4,10-7-2)13-18-16(21)15-12-14(8-3)22-19-15;1-6-10-11-20(5)17(8-3,9-4)13-18-16(21)15-12-14(7-2)22-19-15;1-7-12-11(4)13(17-20-12)14(19)16-10-15(5,6)18(8-2)9-3;1-6-11-9-12(16-19-11)13(18)15-10-14(4,5)17(7-2)8-3/h2*7-13H2,1-6H3,(H,19,22);2*12H,6-11,13H2,1-5H3,(H,18,21);7-10H2,1-6H3,(H,16,19);9H,6-8,10H2,1-5H3,(H,15,18). The van der Waals surface area contributed by atoms with Gasteiger partial charge < -0.3 is 59.0 Å². The second kappa shape index (κ2) is 61.5. The third-order valence-corrected chi connectivity index (χ3v) is 26.2. The highest BCUT2D eigenvalue weighted by molar-refractivity contribution is 5.95. The molecular weight excluding hydrogens is 1630 g/mol. The average Bonchev–Trinajstić information content (AvgIpc) is 1.68. The number of carbonyl (C=O) groups excluding carboxylic acids is 6. The summed E-state index contributed by atoms with van der Waals surface area (Å²) in [7, 11) is 8.60. The lowest BCUT2D eigenvalue weighted by Crippen LogP contribution is -2.53. The molecule has 0 radical (unpaired) electrons. The van der Waals surface area contributed by atoms with Gasteiger partial charge in [-0.15, -0.1) is 0 Å². The zero-order valence-corrected chi connectivity index (χ0v) is 87.0. The van der Waals surface area contributed by atoms with E-state index in [0.29, 0.717) is 73.4 Å². The van der Waals surface area contributed by atoms with E-state index in [2.05, 4.69) is 259 Å². The number of likely N-dealkylation sites (N-methyl/N-ethyl adjacent to an activating group) is 6. The number of rotatable bonds is 54. The average molecular weight is 1810 g/mol. The highest BCUT2D eigenvalue weighted by Crippen LogP contribution is 2.28. The van der Waals surface area contributed by atoms with Gasteiger partial charge in [0.25, 0.3) is 35.4 Å². The van der Waals surface area contributed by atoms with E-state index in [0.717, 1.165) is 194 Å². The fraction of sp³-hybridized carbons (Fsp3) is 0.758. The van der Waals surface area contributed by atoms with Crippen LogP contribution in [0.5, 0.6) is 0 Å². The Labute approximate surface area is 778 Å². The number of carbonyl (C=O) groups is 6. The van der Waals surface area contributed by atoms with Gasteiger partial charge in [-0.1, -0.05) is 208 Å². The van der Waals surface area contributed by atoms with Crippen molar-refractivity contribution in [2.75, 3.05) is 120 Å². The number of hydrogen-bond donors (Lipinski definition) is 6. The van der Waals surface area contributed by atoms with E-state index in [1.807, 2.05) is 62.3 Å². The van der Waals surface area contributed by atoms with E-state index in [9.17, 15) is 28.8 Å². The van der Waals surface area contributed by atoms with Gasteiger partial charge in [0.15, 0.2) is 34.2 Å². The van der Waals surface area contributed by atoms with Crippen molar-refractivity contribution in [2.24, 2.45) is 0 Å². The van der Waals surface area contributed by atoms with Crippen LogP contribution in [0.4, 0.5) is 0 Å². The van der Waals surface area contributed by atoms with Gasteiger partial charge in [0, 0.05) is 146 Å². The Morgan fingerprint density at radius 3 is 0.767 bits per heavy atom. The van der Waals surface area contributed by atoms with Crippen molar-refractivity contribution < 1.29 is 55.9 Å². The van der Waals surface area contributed by atoms with Crippen LogP contribution in [-0.2, 0) is 38.5 Å². The number of hydrogen-bond acceptors (Lipinski definition) is 24. The van der Waals surface area contributed by atoms with Crippen molar-refractivity contribution >= 4 is 35.4 Å². The lowest BCUT2D eigenvalue weighted by molar-refractivity contribution is 0.0809. The molecule has 0 aliphatic rings. The highest BCUT2D eigenvalue weighted by Gasteiger charge is 2.36. The van der Waals surface area contributed by atoms with E-state index >= 15 is 0 Å². The molecule has 0 saturated carbocycles. The molecule has 0 fully saturated rings. The van der Waals surface area contributed by atoms with Crippen molar-refractivity contribution in [3.63, 3.8) is 0 Å². The lowest BCUT2D eigenvalue weighted by Gasteiger charge is -2.41. The topological polar surface area (TPSA) is 350 Å². The second-order valence-corrected chi connectivity index (χ2v) is 35.9. The quantitative estimate of drug-likeness (QED) is 0.0207. The number of aryl methyl sites for hydroxylation is 6. The number of aromatic nitrogens is 6. The molecule has 6 N–H and O–H groups in total. The summed E-state index contributed by atoms with van der Waals surface area (Å²) < 4.78 is 30.8. The summed E-state index contributed by atoms with van der Waals surface area (Å²) in [5.74, 6) is 3.62. The molecule has 30 nitrogen and oxygen atoms in total. The minimum Gasteiger partial charge on any atom is -0.361 e. The van der Waals surface area contributed by atoms with E-state index in [-0.39, 0.29) is 68.7 Å². The summed E-state index contributed by atoms with van der Waals surface area (Å²) in [6.07, 6.45) is 22.2. The molecule has 0 aliphatic carbocycles. The molecule has 2 atom stereocenters. The first-order valence-corrected chi connectivity index (χ1v) is 48.9. The fourth-order valence-electron chi connectivity index (χ4n) is 15.9. The van der Waals surface area contributed by atoms with E-state index in [1.165, 1.54) is 51.4 Å². The van der Waals surface area contributed by atoms with Gasteiger partial charge >= 0.3 is 0 Å². The Kier molecular flexibility index (Phi) is 56.7. The van der Waals surface area contributed by atoms with Gasteiger partial charge in [-0.2, -0.15) is 0 Å². The largest absolute Gasteiger partial charge is 0.361 e. The molecule has 6 heterocycles. The molecule has 6 aromatic heterocycles. The molecule has 0 aliphatic heterocycles. The summed E-state index contributed by atoms with van der Waals surface area (Å²) in [5, 5.41) is 41.2. The van der Waals surface area contributed by atoms with Gasteiger partial charge in [-0.25, -0.2) is 0 Å². The Balaban J connectivity index is 0.000000775. The van der Waals surface area contributed by atoms with E-state index in [1.54, 1.807) is 18.2 Å². The van der Waals surface area contributed by atoms with Crippen molar-refractivity contribution in [3.05, 3.63) is 104 Å². The molecule has 2 unspecified atom stereocenters. The summed E-state index contributed by atoms with van der Waals surface area (Å²) in [5.41, 5.74) is 4.64. The predicted octanol–water partition coefficient (Wildman–Crippen LogP) is 18.1. The predicted molar refractivity (Wildman–Crippen MR) is 521 cm³/mol. The molecule has 6 rings (SSSR count). The third-order valence-electron chi connectivity index (χ3n) is 26.2. The maximum absolute atomic E-state index is 12.5. The smallest absolute Gasteiger partial charge is 0.273 e. The minimum absolute atomic E-state index is 0.00213. The molecule has 129 heavy (non-hydrogen) atoms. The van der Waals surface area contributed by atoms with E-state index in [4.69, 9.17) is 27.1 Å². The Morgan fingerprint density at radius 2 is 0.543 bits per heavy atom. The number of nitrogens with one attached hydrogen (secondary N) is 6. The lowest BCUT2D eigenvalue weighted by atomic mass is 9.90. The summed E-state index contributed by atoms with van der Waals surface area (Å²) in [4.78, 5) is 87.6. The molecular formula is C99H180N18O12. The minimum atomic E-state index is -0.177. The Bertz CT molecular complexity index is 4080. The van der Waals surface area contributed by atoms with Gasteiger partial charge in [-0.3, -0.25) is 58.2 Å². The van der Waals surface area contributed by atoms with Crippen LogP contribution in [0.25, 0.3) is 0 Å².